The van der Waals surface area contributed by atoms with Crippen LogP contribution in [0.3, 0.4) is 0 Å². The number of para-hydroxylation sites is 1. The summed E-state index contributed by atoms with van der Waals surface area (Å²) in [5, 5.41) is 15.7. The van der Waals surface area contributed by atoms with Crippen LogP contribution in [0.5, 0.6) is 0 Å². The Balaban J connectivity index is 1.17. The maximum absolute atomic E-state index is 5.46. The predicted molar refractivity (Wildman–Crippen MR) is 246 cm³/mol. The molecule has 4 nitrogen and oxygen atoms in total. The summed E-state index contributed by atoms with van der Waals surface area (Å²) < 4.78 is 2.15. The molecule has 274 valence electrons. The molecule has 0 fully saturated rings. The van der Waals surface area contributed by atoms with Gasteiger partial charge in [0.25, 0.3) is 0 Å². The van der Waals surface area contributed by atoms with Crippen LogP contribution in [-0.2, 0) is 0 Å². The number of hydrogen-bond donors (Lipinski definition) is 0. The van der Waals surface area contributed by atoms with Gasteiger partial charge in [-0.05, 0) is 85.6 Å². The highest BCUT2D eigenvalue weighted by atomic mass is 15.3. The highest BCUT2D eigenvalue weighted by Gasteiger charge is 2.23. The zero-order valence-corrected chi connectivity index (χ0v) is 31.9. The van der Waals surface area contributed by atoms with Gasteiger partial charge in [-0.3, -0.25) is 4.98 Å². The Hall–Kier alpha value is -7.95. The lowest BCUT2D eigenvalue weighted by Crippen LogP contribution is -1.97. The molecular weight excluding hydrogens is 717 g/mol. The molecule has 9 aromatic carbocycles. The van der Waals surface area contributed by atoms with Crippen molar-refractivity contribution in [1.82, 2.24) is 19.7 Å². The third-order valence-electron chi connectivity index (χ3n) is 11.8. The first kappa shape index (κ1) is 33.2. The summed E-state index contributed by atoms with van der Waals surface area (Å²) >= 11 is 0. The molecule has 0 atom stereocenters. The van der Waals surface area contributed by atoms with E-state index in [1.54, 1.807) is 0 Å². The van der Waals surface area contributed by atoms with Crippen LogP contribution in [0.15, 0.2) is 206 Å². The molecule has 0 amide bonds. The largest absolute Gasteiger partial charge is 0.254 e. The van der Waals surface area contributed by atoms with E-state index in [2.05, 4.69) is 199 Å². The number of fused-ring (bicyclic) bond motifs is 8. The summed E-state index contributed by atoms with van der Waals surface area (Å²) in [4.78, 5) is 10.1. The Morgan fingerprint density at radius 3 is 1.66 bits per heavy atom. The number of pyridine rings is 2. The van der Waals surface area contributed by atoms with E-state index >= 15 is 0 Å². The van der Waals surface area contributed by atoms with Crippen LogP contribution in [-0.4, -0.2) is 19.7 Å². The molecule has 4 heteroatoms. The number of rotatable bonds is 5. The van der Waals surface area contributed by atoms with Crippen LogP contribution < -0.4 is 0 Å². The highest BCUT2D eigenvalue weighted by molar-refractivity contribution is 6.23. The first-order valence-electron chi connectivity index (χ1n) is 20.0. The fourth-order valence-electron chi connectivity index (χ4n) is 9.17. The molecule has 12 aromatic rings. The Kier molecular flexibility index (Phi) is 7.50. The van der Waals surface area contributed by atoms with Crippen LogP contribution in [0.4, 0.5) is 0 Å². The van der Waals surface area contributed by atoms with Crippen molar-refractivity contribution in [1.29, 1.82) is 0 Å². The second-order valence-electron chi connectivity index (χ2n) is 15.2. The van der Waals surface area contributed by atoms with Gasteiger partial charge in [-0.15, -0.1) is 0 Å². The van der Waals surface area contributed by atoms with Crippen LogP contribution in [0.2, 0.25) is 0 Å². The van der Waals surface area contributed by atoms with Gasteiger partial charge in [0, 0.05) is 38.9 Å². The van der Waals surface area contributed by atoms with Gasteiger partial charge in [0.05, 0.1) is 27.9 Å². The molecule has 3 aromatic heterocycles. The molecule has 0 unspecified atom stereocenters. The van der Waals surface area contributed by atoms with Crippen molar-refractivity contribution in [3.63, 3.8) is 0 Å². The SMILES string of the molecule is c1ccc(-c2cc3ccc(-c4c5ccccc5c(-c5ccc6ccc7cccnc7c6n5)c5ccccc45)cc3c3c2c(-c2ccccc2)nn3-c2ccccc2)cc1. The Morgan fingerprint density at radius 1 is 0.390 bits per heavy atom. The summed E-state index contributed by atoms with van der Waals surface area (Å²) in [5.74, 6) is 0. The molecule has 0 saturated carbocycles. The third-order valence-corrected chi connectivity index (χ3v) is 11.8. The number of nitrogens with zero attached hydrogens (tertiary/aromatic N) is 4. The first-order valence-corrected chi connectivity index (χ1v) is 20.0. The van der Waals surface area contributed by atoms with Crippen LogP contribution in [0.1, 0.15) is 0 Å². The van der Waals surface area contributed by atoms with Gasteiger partial charge in [-0.1, -0.05) is 164 Å². The molecule has 0 aliphatic carbocycles. The minimum atomic E-state index is 0.913. The highest BCUT2D eigenvalue weighted by Crippen LogP contribution is 2.46. The van der Waals surface area contributed by atoms with E-state index in [0.29, 0.717) is 0 Å². The van der Waals surface area contributed by atoms with Gasteiger partial charge in [-0.25, -0.2) is 9.67 Å². The molecule has 0 aliphatic rings. The molecule has 0 radical (unpaired) electrons. The van der Waals surface area contributed by atoms with Gasteiger partial charge in [0.15, 0.2) is 0 Å². The fraction of sp³-hybridized carbons (Fsp3) is 0. The number of benzene rings is 9. The molecule has 0 saturated heterocycles. The molecule has 0 spiro atoms. The maximum Gasteiger partial charge on any atom is 0.101 e. The number of hydrogen-bond acceptors (Lipinski definition) is 3. The summed E-state index contributed by atoms with van der Waals surface area (Å²) in [6.07, 6.45) is 1.85. The molecule has 59 heavy (non-hydrogen) atoms. The minimum absolute atomic E-state index is 0.913. The van der Waals surface area contributed by atoms with E-state index in [1.165, 1.54) is 16.3 Å². The fourth-order valence-corrected chi connectivity index (χ4v) is 9.17. The summed E-state index contributed by atoms with van der Waals surface area (Å²) in [7, 11) is 0. The van der Waals surface area contributed by atoms with Crippen molar-refractivity contribution in [3.8, 4) is 50.5 Å². The van der Waals surface area contributed by atoms with Crippen molar-refractivity contribution in [2.45, 2.75) is 0 Å². The monoisotopic (exact) mass is 750 g/mol. The molecule has 0 N–H and O–H groups in total. The van der Waals surface area contributed by atoms with Gasteiger partial charge in [0.1, 0.15) is 5.69 Å². The molecular formula is C55H34N4. The smallest absolute Gasteiger partial charge is 0.101 e. The lowest BCUT2D eigenvalue weighted by atomic mass is 9.86. The van der Waals surface area contributed by atoms with Crippen LogP contribution >= 0.6 is 0 Å². The average Bonchev–Trinajstić information content (AvgIpc) is 3.72. The molecule has 0 bridgehead atoms. The first-order chi connectivity index (χ1) is 29.3. The lowest BCUT2D eigenvalue weighted by Gasteiger charge is -2.18. The second kappa shape index (κ2) is 13.3. The van der Waals surface area contributed by atoms with Crippen molar-refractivity contribution < 1.29 is 0 Å². The van der Waals surface area contributed by atoms with Gasteiger partial charge >= 0.3 is 0 Å². The predicted octanol–water partition coefficient (Wildman–Crippen LogP) is 14.2. The van der Waals surface area contributed by atoms with Gasteiger partial charge in [-0.2, -0.15) is 5.10 Å². The zero-order valence-electron chi connectivity index (χ0n) is 31.9. The van der Waals surface area contributed by atoms with Crippen LogP contribution in [0.25, 0.3) is 115 Å². The Bertz CT molecular complexity index is 3540. The van der Waals surface area contributed by atoms with E-state index in [9.17, 15) is 0 Å². The topological polar surface area (TPSA) is 43.6 Å². The quantitative estimate of drug-likeness (QED) is 0.130. The minimum Gasteiger partial charge on any atom is -0.254 e. The van der Waals surface area contributed by atoms with E-state index < -0.39 is 0 Å². The Morgan fingerprint density at radius 2 is 0.966 bits per heavy atom. The van der Waals surface area contributed by atoms with Gasteiger partial charge in [0.2, 0.25) is 0 Å². The lowest BCUT2D eigenvalue weighted by molar-refractivity contribution is 0.918. The molecule has 0 aliphatic heterocycles. The van der Waals surface area contributed by atoms with E-state index in [-0.39, 0.29) is 0 Å². The van der Waals surface area contributed by atoms with Gasteiger partial charge < -0.3 is 0 Å². The normalized spacial score (nSPS) is 11.7. The third kappa shape index (κ3) is 5.27. The number of aromatic nitrogens is 4. The zero-order chi connectivity index (χ0) is 38.9. The van der Waals surface area contributed by atoms with Crippen molar-refractivity contribution in [3.05, 3.63) is 206 Å². The summed E-state index contributed by atoms with van der Waals surface area (Å²) in [6, 6.07) is 71.4. The van der Waals surface area contributed by atoms with E-state index in [1.807, 2.05) is 12.3 Å². The molecule has 12 rings (SSSR count). The van der Waals surface area contributed by atoms with Crippen LogP contribution in [0, 0.1) is 0 Å². The maximum atomic E-state index is 5.46. The summed E-state index contributed by atoms with van der Waals surface area (Å²) in [6.45, 7) is 0. The molecule has 3 heterocycles. The van der Waals surface area contributed by atoms with E-state index in [4.69, 9.17) is 15.1 Å². The van der Waals surface area contributed by atoms with E-state index in [0.717, 1.165) is 99.1 Å². The standard InChI is InChI=1S/C55H34N4/c1-4-15-35(16-5-1)46-33-39-28-29-40(34-47(39)55-51(46)52(36-17-6-2-7-18-36)58-59(55)41-20-8-3-9-21-41)49-42-22-10-12-24-44(42)50(45-25-13-11-23-43(45)49)48-31-30-38-27-26-37-19-14-32-56-53(37)54(38)57-48/h1-34H. The summed E-state index contributed by atoms with van der Waals surface area (Å²) in [5.41, 5.74) is 12.7. The van der Waals surface area contributed by atoms with Crippen molar-refractivity contribution in [2.24, 2.45) is 0 Å². The second-order valence-corrected chi connectivity index (χ2v) is 15.2. The van der Waals surface area contributed by atoms with Crippen molar-refractivity contribution >= 4 is 65.0 Å². The Labute approximate surface area is 340 Å². The average molecular weight is 751 g/mol. The van der Waals surface area contributed by atoms with Crippen molar-refractivity contribution in [2.75, 3.05) is 0 Å².